The molecule has 1 amide bonds. The summed E-state index contributed by atoms with van der Waals surface area (Å²) in [6, 6.07) is 9.94. The van der Waals surface area contributed by atoms with Crippen LogP contribution in [-0.2, 0) is 11.2 Å². The maximum Gasteiger partial charge on any atom is 0.220 e. The minimum Gasteiger partial charge on any atom is -0.396 e. The van der Waals surface area contributed by atoms with Gasteiger partial charge in [-0.3, -0.25) is 4.79 Å². The highest BCUT2D eigenvalue weighted by Gasteiger charge is 2.10. The number of benzene rings is 1. The van der Waals surface area contributed by atoms with E-state index in [1.165, 1.54) is 0 Å². The van der Waals surface area contributed by atoms with Gasteiger partial charge < -0.3 is 10.4 Å². The monoisotopic (exact) mass is 301 g/mol. The van der Waals surface area contributed by atoms with E-state index < -0.39 is 0 Å². The Labute approximate surface area is 131 Å². The summed E-state index contributed by atoms with van der Waals surface area (Å²) in [4.78, 5) is 11.9. The summed E-state index contributed by atoms with van der Waals surface area (Å²) >= 11 is 0. The standard InChI is InChI=1S/C17H23N3O2/c1-2-15(10-11-21)19-17(22)9-8-14-12-18-20(13-14)16-6-4-3-5-7-16/h3-7,12-13,15,21H,2,8-11H2,1H3,(H,19,22). The van der Waals surface area contributed by atoms with Crippen LogP contribution >= 0.6 is 0 Å². The molecule has 2 aromatic rings. The second-order valence-corrected chi connectivity index (χ2v) is 5.31. The zero-order chi connectivity index (χ0) is 15.8. The third kappa shape index (κ3) is 4.70. The number of amides is 1. The predicted molar refractivity (Wildman–Crippen MR) is 85.8 cm³/mol. The van der Waals surface area contributed by atoms with Crippen LogP contribution in [0.3, 0.4) is 0 Å². The number of carbonyl (C=O) groups is 1. The first kappa shape index (κ1) is 16.2. The normalized spacial score (nSPS) is 12.1. The maximum absolute atomic E-state index is 11.9. The molecule has 0 spiro atoms. The molecular formula is C17H23N3O2. The number of aliphatic hydroxyl groups is 1. The summed E-state index contributed by atoms with van der Waals surface area (Å²) in [6.07, 6.45) is 6.28. The van der Waals surface area contributed by atoms with E-state index in [0.29, 0.717) is 19.3 Å². The van der Waals surface area contributed by atoms with Crippen LogP contribution < -0.4 is 5.32 Å². The van der Waals surface area contributed by atoms with Crippen LogP contribution in [0.4, 0.5) is 0 Å². The van der Waals surface area contributed by atoms with Gasteiger partial charge in [-0.05, 0) is 37.0 Å². The fourth-order valence-corrected chi connectivity index (χ4v) is 2.30. The number of carbonyl (C=O) groups excluding carboxylic acids is 1. The Balaban J connectivity index is 1.85. The van der Waals surface area contributed by atoms with Crippen LogP contribution in [0.2, 0.25) is 0 Å². The molecule has 1 atom stereocenters. The highest BCUT2D eigenvalue weighted by molar-refractivity contribution is 5.76. The molecule has 0 saturated heterocycles. The van der Waals surface area contributed by atoms with E-state index in [-0.39, 0.29) is 18.6 Å². The van der Waals surface area contributed by atoms with Crippen LogP contribution in [0.1, 0.15) is 31.7 Å². The summed E-state index contributed by atoms with van der Waals surface area (Å²) in [5.41, 5.74) is 2.04. The number of aliphatic hydroxyl groups excluding tert-OH is 1. The third-order valence-electron chi connectivity index (χ3n) is 3.63. The average Bonchev–Trinajstić information content (AvgIpc) is 3.02. The molecule has 22 heavy (non-hydrogen) atoms. The molecule has 1 aromatic carbocycles. The van der Waals surface area contributed by atoms with E-state index in [2.05, 4.69) is 10.4 Å². The number of aromatic nitrogens is 2. The Morgan fingerprint density at radius 3 is 2.82 bits per heavy atom. The summed E-state index contributed by atoms with van der Waals surface area (Å²) < 4.78 is 1.81. The second kappa shape index (κ2) is 8.34. The van der Waals surface area contributed by atoms with Crippen molar-refractivity contribution in [2.45, 2.75) is 38.6 Å². The maximum atomic E-state index is 11.9. The van der Waals surface area contributed by atoms with Crippen LogP contribution in [0.5, 0.6) is 0 Å². The van der Waals surface area contributed by atoms with Gasteiger partial charge in [0, 0.05) is 25.3 Å². The van der Waals surface area contributed by atoms with Gasteiger partial charge in [0.15, 0.2) is 0 Å². The van der Waals surface area contributed by atoms with Crippen LogP contribution in [0.25, 0.3) is 5.69 Å². The van der Waals surface area contributed by atoms with E-state index >= 15 is 0 Å². The van der Waals surface area contributed by atoms with Gasteiger partial charge >= 0.3 is 0 Å². The molecule has 0 bridgehead atoms. The first-order valence-corrected chi connectivity index (χ1v) is 7.72. The average molecular weight is 301 g/mol. The molecule has 5 nitrogen and oxygen atoms in total. The third-order valence-corrected chi connectivity index (χ3v) is 3.63. The summed E-state index contributed by atoms with van der Waals surface area (Å²) in [5, 5.41) is 16.2. The molecule has 0 saturated carbocycles. The molecule has 5 heteroatoms. The zero-order valence-electron chi connectivity index (χ0n) is 12.9. The van der Waals surface area contributed by atoms with Gasteiger partial charge in [-0.2, -0.15) is 5.10 Å². The molecule has 2 N–H and O–H groups in total. The van der Waals surface area contributed by atoms with Crippen molar-refractivity contribution in [2.24, 2.45) is 0 Å². The van der Waals surface area contributed by atoms with Crippen molar-refractivity contribution < 1.29 is 9.90 Å². The van der Waals surface area contributed by atoms with E-state index in [1.54, 1.807) is 6.20 Å². The van der Waals surface area contributed by atoms with Gasteiger partial charge in [-0.25, -0.2) is 4.68 Å². The predicted octanol–water partition coefficient (Wildman–Crippen LogP) is 2.08. The number of aryl methyl sites for hydroxylation is 1. The number of nitrogens with one attached hydrogen (secondary N) is 1. The molecule has 118 valence electrons. The van der Waals surface area contributed by atoms with Crippen molar-refractivity contribution in [3.63, 3.8) is 0 Å². The Bertz CT molecular complexity index is 581. The molecule has 0 aliphatic carbocycles. The van der Waals surface area contributed by atoms with Crippen molar-refractivity contribution >= 4 is 5.91 Å². The summed E-state index contributed by atoms with van der Waals surface area (Å²) in [5.74, 6) is 0.0211. The molecule has 0 fully saturated rings. The molecule has 0 aliphatic heterocycles. The molecule has 1 unspecified atom stereocenters. The lowest BCUT2D eigenvalue weighted by molar-refractivity contribution is -0.121. The summed E-state index contributed by atoms with van der Waals surface area (Å²) in [6.45, 7) is 2.10. The first-order valence-electron chi connectivity index (χ1n) is 7.72. The first-order chi connectivity index (χ1) is 10.7. The van der Waals surface area contributed by atoms with Gasteiger partial charge in [0.1, 0.15) is 0 Å². The van der Waals surface area contributed by atoms with Gasteiger partial charge in [0.05, 0.1) is 11.9 Å². The SMILES string of the molecule is CCC(CCO)NC(=O)CCc1cnn(-c2ccccc2)c1. The largest absolute Gasteiger partial charge is 0.396 e. The molecule has 1 aromatic heterocycles. The van der Waals surface area contributed by atoms with Crippen LogP contribution in [0, 0.1) is 0 Å². The van der Waals surface area contributed by atoms with Crippen molar-refractivity contribution in [2.75, 3.05) is 6.61 Å². The summed E-state index contributed by atoms with van der Waals surface area (Å²) in [7, 11) is 0. The van der Waals surface area contributed by atoms with E-state index in [1.807, 2.05) is 48.1 Å². The fourth-order valence-electron chi connectivity index (χ4n) is 2.30. The Morgan fingerprint density at radius 2 is 2.14 bits per heavy atom. The van der Waals surface area contributed by atoms with Crippen LogP contribution in [0.15, 0.2) is 42.7 Å². The van der Waals surface area contributed by atoms with E-state index in [9.17, 15) is 4.79 Å². The number of rotatable bonds is 8. The molecule has 0 radical (unpaired) electrons. The highest BCUT2D eigenvalue weighted by atomic mass is 16.3. The number of hydrogen-bond donors (Lipinski definition) is 2. The molecule has 2 rings (SSSR count). The molecular weight excluding hydrogens is 278 g/mol. The quantitative estimate of drug-likeness (QED) is 0.784. The number of hydrogen-bond acceptors (Lipinski definition) is 3. The minimum absolute atomic E-state index is 0.0211. The van der Waals surface area contributed by atoms with E-state index in [4.69, 9.17) is 5.11 Å². The molecule has 1 heterocycles. The fraction of sp³-hybridized carbons (Fsp3) is 0.412. The van der Waals surface area contributed by atoms with Crippen molar-refractivity contribution in [1.82, 2.24) is 15.1 Å². The lowest BCUT2D eigenvalue weighted by Crippen LogP contribution is -2.35. The molecule has 0 aliphatic rings. The smallest absolute Gasteiger partial charge is 0.220 e. The zero-order valence-corrected chi connectivity index (χ0v) is 12.9. The van der Waals surface area contributed by atoms with Crippen molar-refractivity contribution in [3.8, 4) is 5.69 Å². The number of nitrogens with zero attached hydrogens (tertiary/aromatic N) is 2. The van der Waals surface area contributed by atoms with Gasteiger partial charge in [-0.15, -0.1) is 0 Å². The minimum atomic E-state index is 0.0211. The van der Waals surface area contributed by atoms with Gasteiger partial charge in [0.25, 0.3) is 0 Å². The topological polar surface area (TPSA) is 67.2 Å². The van der Waals surface area contributed by atoms with Crippen molar-refractivity contribution in [1.29, 1.82) is 0 Å². The van der Waals surface area contributed by atoms with Gasteiger partial charge in [-0.1, -0.05) is 25.1 Å². The Hall–Kier alpha value is -2.14. The lowest BCUT2D eigenvalue weighted by Gasteiger charge is -2.15. The highest BCUT2D eigenvalue weighted by Crippen LogP contribution is 2.09. The number of para-hydroxylation sites is 1. The van der Waals surface area contributed by atoms with Crippen LogP contribution in [-0.4, -0.2) is 33.4 Å². The Morgan fingerprint density at radius 1 is 1.36 bits per heavy atom. The van der Waals surface area contributed by atoms with Gasteiger partial charge in [0.2, 0.25) is 5.91 Å². The Kier molecular flexibility index (Phi) is 6.15. The van der Waals surface area contributed by atoms with Crippen molar-refractivity contribution in [3.05, 3.63) is 48.3 Å². The lowest BCUT2D eigenvalue weighted by atomic mass is 10.1. The van der Waals surface area contributed by atoms with E-state index in [0.717, 1.165) is 17.7 Å². The second-order valence-electron chi connectivity index (χ2n) is 5.31.